The first-order valence-electron chi connectivity index (χ1n) is 3.28. The molecular weight excluding hydrogens is 171 g/mol. The summed E-state index contributed by atoms with van der Waals surface area (Å²) in [7, 11) is 0. The largest absolute Gasteiger partial charge is 0.388 e. The third kappa shape index (κ3) is 2.82. The van der Waals surface area contributed by atoms with Crippen molar-refractivity contribution in [2.75, 3.05) is 6.67 Å². The number of halogens is 1. The lowest BCUT2D eigenvalue weighted by Gasteiger charge is -2.21. The Morgan fingerprint density at radius 3 is 2.00 bits per heavy atom. The van der Waals surface area contributed by atoms with Gasteiger partial charge in [0.15, 0.2) is 6.29 Å². The zero-order valence-corrected chi connectivity index (χ0v) is 6.17. The molecule has 0 unspecified atom stereocenters. The summed E-state index contributed by atoms with van der Waals surface area (Å²) in [4.78, 5) is 9.87. The van der Waals surface area contributed by atoms with Crippen LogP contribution in [0.1, 0.15) is 0 Å². The van der Waals surface area contributed by atoms with Crippen LogP contribution in [-0.4, -0.2) is 57.8 Å². The molecule has 0 fully saturated rings. The van der Waals surface area contributed by atoms with Crippen LogP contribution >= 0.6 is 0 Å². The minimum Gasteiger partial charge on any atom is -0.388 e. The lowest BCUT2D eigenvalue weighted by molar-refractivity contribution is -0.134. The molecule has 0 aromatic rings. The predicted octanol–water partition coefficient (Wildman–Crippen LogP) is -2.40. The first-order chi connectivity index (χ1) is 5.54. The summed E-state index contributed by atoms with van der Waals surface area (Å²) in [6.45, 7) is -1.26. The second-order valence-electron chi connectivity index (χ2n) is 2.33. The molecule has 12 heavy (non-hydrogen) atoms. The van der Waals surface area contributed by atoms with E-state index in [-0.39, 0.29) is 6.29 Å². The van der Waals surface area contributed by atoms with Gasteiger partial charge in [0.25, 0.3) is 0 Å². The maximum atomic E-state index is 11.7. The molecular formula is C6H11FO5. The number of hydrogen-bond acceptors (Lipinski definition) is 5. The van der Waals surface area contributed by atoms with Gasteiger partial charge in [0.1, 0.15) is 31.1 Å². The van der Waals surface area contributed by atoms with Crippen molar-refractivity contribution in [1.82, 2.24) is 0 Å². The number of carbonyl (C=O) groups excluding carboxylic acids is 1. The normalized spacial score (nSPS) is 21.1. The number of aldehydes is 1. The van der Waals surface area contributed by atoms with Gasteiger partial charge in [-0.05, 0) is 0 Å². The maximum absolute atomic E-state index is 11.7. The van der Waals surface area contributed by atoms with Crippen LogP contribution in [0.3, 0.4) is 0 Å². The number of carbonyl (C=O) groups is 1. The van der Waals surface area contributed by atoms with Gasteiger partial charge in [-0.2, -0.15) is 0 Å². The minimum atomic E-state index is -1.87. The predicted molar refractivity (Wildman–Crippen MR) is 36.1 cm³/mol. The van der Waals surface area contributed by atoms with Gasteiger partial charge in [-0.15, -0.1) is 0 Å². The van der Waals surface area contributed by atoms with Crippen molar-refractivity contribution >= 4 is 6.29 Å². The van der Waals surface area contributed by atoms with E-state index in [0.717, 1.165) is 0 Å². The Labute approximate surface area is 68.1 Å². The summed E-state index contributed by atoms with van der Waals surface area (Å²) in [5.74, 6) is 0. The van der Waals surface area contributed by atoms with Gasteiger partial charge in [0.05, 0.1) is 0 Å². The molecule has 0 saturated heterocycles. The quantitative estimate of drug-likeness (QED) is 0.355. The van der Waals surface area contributed by atoms with E-state index < -0.39 is 31.1 Å². The van der Waals surface area contributed by atoms with Crippen molar-refractivity contribution in [3.63, 3.8) is 0 Å². The van der Waals surface area contributed by atoms with Gasteiger partial charge in [-0.25, -0.2) is 4.39 Å². The molecule has 5 nitrogen and oxygen atoms in total. The Balaban J connectivity index is 4.07. The van der Waals surface area contributed by atoms with Crippen molar-refractivity contribution in [2.24, 2.45) is 0 Å². The third-order valence-electron chi connectivity index (χ3n) is 1.39. The molecule has 0 amide bonds. The molecule has 0 radical (unpaired) electrons. The number of rotatable bonds is 5. The molecule has 0 spiro atoms. The van der Waals surface area contributed by atoms with Gasteiger partial charge in [-0.1, -0.05) is 0 Å². The van der Waals surface area contributed by atoms with Crippen molar-refractivity contribution in [2.45, 2.75) is 24.4 Å². The lowest BCUT2D eigenvalue weighted by atomic mass is 10.0. The monoisotopic (exact) mass is 182 g/mol. The van der Waals surface area contributed by atoms with E-state index in [1.807, 2.05) is 0 Å². The van der Waals surface area contributed by atoms with Crippen LogP contribution in [0.25, 0.3) is 0 Å². The molecule has 0 aliphatic heterocycles. The minimum absolute atomic E-state index is 0.0150. The Kier molecular flexibility index (Phi) is 4.91. The van der Waals surface area contributed by atoms with Gasteiger partial charge in [0, 0.05) is 0 Å². The van der Waals surface area contributed by atoms with E-state index >= 15 is 0 Å². The SMILES string of the molecule is O=C[C@@H](O)[C@H](O)[C@H](O)[C@@H](O)CF. The molecule has 0 aromatic heterocycles. The van der Waals surface area contributed by atoms with Gasteiger partial charge in [0.2, 0.25) is 0 Å². The summed E-state index contributed by atoms with van der Waals surface area (Å²) < 4.78 is 11.7. The summed E-state index contributed by atoms with van der Waals surface area (Å²) >= 11 is 0. The molecule has 0 heterocycles. The van der Waals surface area contributed by atoms with Crippen molar-refractivity contribution in [1.29, 1.82) is 0 Å². The maximum Gasteiger partial charge on any atom is 0.151 e. The summed E-state index contributed by atoms with van der Waals surface area (Å²) in [6.07, 6.45) is -7.36. The lowest BCUT2D eigenvalue weighted by Crippen LogP contribution is -2.45. The fourth-order valence-corrected chi connectivity index (χ4v) is 0.601. The average Bonchev–Trinajstić information content (AvgIpc) is 2.12. The molecule has 6 heteroatoms. The van der Waals surface area contributed by atoms with Crippen LogP contribution in [0.2, 0.25) is 0 Å². The standard InChI is InChI=1S/C6H11FO5/c7-1-3(9)5(11)6(12)4(10)2-8/h2-6,9-12H,1H2/t3-,4+,5+,6-/m0/s1. The summed E-state index contributed by atoms with van der Waals surface area (Å²) in [5.41, 5.74) is 0. The second-order valence-corrected chi connectivity index (χ2v) is 2.33. The molecule has 0 aliphatic rings. The highest BCUT2D eigenvalue weighted by Gasteiger charge is 2.29. The van der Waals surface area contributed by atoms with Crippen LogP contribution in [-0.2, 0) is 4.79 Å². The number of hydrogen-bond donors (Lipinski definition) is 4. The average molecular weight is 182 g/mol. The Morgan fingerprint density at radius 1 is 1.17 bits per heavy atom. The fraction of sp³-hybridized carbons (Fsp3) is 0.833. The van der Waals surface area contributed by atoms with E-state index in [9.17, 15) is 9.18 Å². The fourth-order valence-electron chi connectivity index (χ4n) is 0.601. The molecule has 4 N–H and O–H groups in total. The molecule has 0 bridgehead atoms. The molecule has 0 rings (SSSR count). The zero-order chi connectivity index (χ0) is 9.72. The van der Waals surface area contributed by atoms with Crippen LogP contribution in [0.5, 0.6) is 0 Å². The molecule has 4 atom stereocenters. The highest BCUT2D eigenvalue weighted by molar-refractivity contribution is 5.56. The van der Waals surface area contributed by atoms with E-state index in [0.29, 0.717) is 0 Å². The first kappa shape index (κ1) is 11.4. The van der Waals surface area contributed by atoms with Gasteiger partial charge >= 0.3 is 0 Å². The number of alkyl halides is 1. The van der Waals surface area contributed by atoms with Gasteiger partial charge in [-0.3, -0.25) is 0 Å². The summed E-state index contributed by atoms with van der Waals surface area (Å²) in [6, 6.07) is 0. The first-order valence-corrected chi connectivity index (χ1v) is 3.28. The van der Waals surface area contributed by atoms with Crippen LogP contribution < -0.4 is 0 Å². The topological polar surface area (TPSA) is 98.0 Å². The second kappa shape index (κ2) is 5.15. The molecule has 72 valence electrons. The molecule has 0 aliphatic carbocycles. The van der Waals surface area contributed by atoms with Crippen LogP contribution in [0, 0.1) is 0 Å². The Bertz CT molecular complexity index is 142. The number of aliphatic hydroxyl groups excluding tert-OH is 4. The van der Waals surface area contributed by atoms with E-state index in [4.69, 9.17) is 20.4 Å². The van der Waals surface area contributed by atoms with Gasteiger partial charge < -0.3 is 25.2 Å². The van der Waals surface area contributed by atoms with Crippen LogP contribution in [0.15, 0.2) is 0 Å². The van der Waals surface area contributed by atoms with Crippen LogP contribution in [0.4, 0.5) is 4.39 Å². The Hall–Kier alpha value is -0.560. The smallest absolute Gasteiger partial charge is 0.151 e. The zero-order valence-electron chi connectivity index (χ0n) is 6.17. The van der Waals surface area contributed by atoms with E-state index in [1.165, 1.54) is 0 Å². The molecule has 0 aromatic carbocycles. The van der Waals surface area contributed by atoms with E-state index in [2.05, 4.69) is 0 Å². The summed E-state index contributed by atoms with van der Waals surface area (Å²) in [5, 5.41) is 34.9. The third-order valence-corrected chi connectivity index (χ3v) is 1.39. The molecule has 0 saturated carbocycles. The van der Waals surface area contributed by atoms with Crippen molar-refractivity contribution in [3.05, 3.63) is 0 Å². The van der Waals surface area contributed by atoms with Crippen molar-refractivity contribution < 1.29 is 29.6 Å². The highest BCUT2D eigenvalue weighted by Crippen LogP contribution is 2.04. The highest BCUT2D eigenvalue weighted by atomic mass is 19.1. The van der Waals surface area contributed by atoms with E-state index in [1.54, 1.807) is 0 Å². The number of aliphatic hydroxyl groups is 4. The Morgan fingerprint density at radius 2 is 1.67 bits per heavy atom. The van der Waals surface area contributed by atoms with Crippen molar-refractivity contribution in [3.8, 4) is 0 Å².